The van der Waals surface area contributed by atoms with E-state index in [1.165, 1.54) is 18.2 Å². The highest BCUT2D eigenvalue weighted by atomic mass is 35.5. The monoisotopic (exact) mass is 418 g/mol. The van der Waals surface area contributed by atoms with Crippen molar-refractivity contribution in [3.63, 3.8) is 0 Å². The zero-order valence-electron chi connectivity index (χ0n) is 13.4. The SMILES string of the molecule is O=C(C[C@H]1Sc2ccc(C(F)(F)F)cc2NC1=O)Nc1ccc(F)c(Cl)c1. The first kappa shape index (κ1) is 19.5. The molecule has 10 heteroatoms. The van der Waals surface area contributed by atoms with Gasteiger partial charge in [-0.15, -0.1) is 11.8 Å². The number of anilines is 2. The Hall–Kier alpha value is -2.26. The Bertz CT molecular complexity index is 920. The fourth-order valence-electron chi connectivity index (χ4n) is 2.42. The third-order valence-electron chi connectivity index (χ3n) is 3.70. The molecule has 0 spiro atoms. The van der Waals surface area contributed by atoms with Crippen LogP contribution in [0, 0.1) is 5.82 Å². The van der Waals surface area contributed by atoms with Crippen LogP contribution in [0.25, 0.3) is 0 Å². The Balaban J connectivity index is 1.69. The topological polar surface area (TPSA) is 58.2 Å². The summed E-state index contributed by atoms with van der Waals surface area (Å²) in [7, 11) is 0. The minimum atomic E-state index is -4.52. The van der Waals surface area contributed by atoms with Crippen molar-refractivity contribution in [3.8, 4) is 0 Å². The molecule has 142 valence electrons. The van der Waals surface area contributed by atoms with E-state index in [4.69, 9.17) is 11.6 Å². The van der Waals surface area contributed by atoms with Gasteiger partial charge in [-0.2, -0.15) is 13.2 Å². The van der Waals surface area contributed by atoms with Crippen LogP contribution < -0.4 is 10.6 Å². The second-order valence-corrected chi connectivity index (χ2v) is 7.34. The van der Waals surface area contributed by atoms with E-state index in [0.29, 0.717) is 4.90 Å². The zero-order chi connectivity index (χ0) is 19.8. The average molecular weight is 419 g/mol. The van der Waals surface area contributed by atoms with Crippen molar-refractivity contribution in [2.75, 3.05) is 10.6 Å². The first-order valence-corrected chi connectivity index (χ1v) is 8.83. The van der Waals surface area contributed by atoms with Gasteiger partial charge in [0.25, 0.3) is 0 Å². The number of nitrogens with one attached hydrogen (secondary N) is 2. The molecular formula is C17H11ClF4N2O2S. The summed E-state index contributed by atoms with van der Waals surface area (Å²) in [5.41, 5.74) is -0.545. The lowest BCUT2D eigenvalue weighted by Gasteiger charge is -2.24. The van der Waals surface area contributed by atoms with Crippen LogP contribution in [0.1, 0.15) is 12.0 Å². The lowest BCUT2D eigenvalue weighted by Crippen LogP contribution is -2.32. The number of carbonyl (C=O) groups excluding carboxylic acids is 2. The Kier molecular flexibility index (Phi) is 5.34. The quantitative estimate of drug-likeness (QED) is 0.694. The maximum absolute atomic E-state index is 13.1. The summed E-state index contributed by atoms with van der Waals surface area (Å²) in [5.74, 6) is -1.72. The number of carbonyl (C=O) groups is 2. The molecular weight excluding hydrogens is 408 g/mol. The molecule has 4 nitrogen and oxygen atoms in total. The van der Waals surface area contributed by atoms with Gasteiger partial charge in [-0.25, -0.2) is 4.39 Å². The number of amides is 2. The van der Waals surface area contributed by atoms with Crippen molar-refractivity contribution in [3.05, 3.63) is 52.8 Å². The molecule has 0 aliphatic carbocycles. The first-order chi connectivity index (χ1) is 12.6. The van der Waals surface area contributed by atoms with Crippen molar-refractivity contribution >= 4 is 46.6 Å². The lowest BCUT2D eigenvalue weighted by atomic mass is 10.1. The highest BCUT2D eigenvalue weighted by Crippen LogP contribution is 2.40. The lowest BCUT2D eigenvalue weighted by molar-refractivity contribution is -0.137. The summed E-state index contributed by atoms with van der Waals surface area (Å²) >= 11 is 6.64. The van der Waals surface area contributed by atoms with E-state index in [2.05, 4.69) is 10.6 Å². The van der Waals surface area contributed by atoms with Crippen LogP contribution in [0.15, 0.2) is 41.3 Å². The first-order valence-electron chi connectivity index (χ1n) is 7.57. The van der Waals surface area contributed by atoms with Crippen LogP contribution >= 0.6 is 23.4 Å². The van der Waals surface area contributed by atoms with E-state index in [1.54, 1.807) is 0 Å². The van der Waals surface area contributed by atoms with Crippen LogP contribution in [0.5, 0.6) is 0 Å². The number of fused-ring (bicyclic) bond motifs is 1. The fraction of sp³-hybridized carbons (Fsp3) is 0.176. The number of benzene rings is 2. The number of hydrogen-bond acceptors (Lipinski definition) is 3. The Morgan fingerprint density at radius 3 is 2.63 bits per heavy atom. The molecule has 0 aromatic heterocycles. The molecule has 0 bridgehead atoms. The summed E-state index contributed by atoms with van der Waals surface area (Å²) in [6.07, 6.45) is -4.73. The number of thioether (sulfide) groups is 1. The molecule has 0 fully saturated rings. The predicted molar refractivity (Wildman–Crippen MR) is 94.4 cm³/mol. The van der Waals surface area contributed by atoms with E-state index in [9.17, 15) is 27.2 Å². The van der Waals surface area contributed by atoms with Gasteiger partial charge >= 0.3 is 6.18 Å². The summed E-state index contributed by atoms with van der Waals surface area (Å²) < 4.78 is 51.4. The summed E-state index contributed by atoms with van der Waals surface area (Å²) in [6, 6.07) is 6.68. The van der Waals surface area contributed by atoms with E-state index in [0.717, 1.165) is 30.0 Å². The molecule has 1 atom stereocenters. The molecule has 0 saturated carbocycles. The molecule has 27 heavy (non-hydrogen) atoms. The molecule has 2 aromatic rings. The predicted octanol–water partition coefficient (Wildman–Crippen LogP) is 4.94. The van der Waals surface area contributed by atoms with E-state index < -0.39 is 34.6 Å². The van der Waals surface area contributed by atoms with Crippen LogP contribution in [0.4, 0.5) is 28.9 Å². The Labute approximate surface area is 160 Å². The molecule has 1 aliphatic rings. The van der Waals surface area contributed by atoms with Gasteiger partial charge < -0.3 is 10.6 Å². The minimum absolute atomic E-state index is 0.0572. The highest BCUT2D eigenvalue weighted by molar-refractivity contribution is 8.01. The van der Waals surface area contributed by atoms with Gasteiger partial charge in [0.15, 0.2) is 0 Å². The smallest absolute Gasteiger partial charge is 0.326 e. The molecule has 2 N–H and O–H groups in total. The molecule has 1 aliphatic heterocycles. The zero-order valence-corrected chi connectivity index (χ0v) is 14.9. The van der Waals surface area contributed by atoms with E-state index >= 15 is 0 Å². The van der Waals surface area contributed by atoms with Crippen LogP contribution in [-0.2, 0) is 15.8 Å². The molecule has 2 amide bonds. The van der Waals surface area contributed by atoms with Crippen LogP contribution in [0.2, 0.25) is 5.02 Å². The third kappa shape index (κ3) is 4.54. The normalized spacial score (nSPS) is 16.5. The molecule has 2 aromatic carbocycles. The number of halogens is 5. The second kappa shape index (κ2) is 7.40. The number of alkyl halides is 3. The molecule has 0 radical (unpaired) electrons. The second-order valence-electron chi connectivity index (χ2n) is 5.69. The Morgan fingerprint density at radius 2 is 1.96 bits per heavy atom. The van der Waals surface area contributed by atoms with Gasteiger partial charge in [0.05, 0.1) is 21.5 Å². The van der Waals surface area contributed by atoms with Gasteiger partial charge in [-0.3, -0.25) is 9.59 Å². The van der Waals surface area contributed by atoms with Gasteiger partial charge in [-0.1, -0.05) is 11.6 Å². The molecule has 1 heterocycles. The summed E-state index contributed by atoms with van der Waals surface area (Å²) in [5, 5.41) is 3.92. The highest BCUT2D eigenvalue weighted by Gasteiger charge is 2.34. The van der Waals surface area contributed by atoms with Crippen LogP contribution in [-0.4, -0.2) is 17.1 Å². The van der Waals surface area contributed by atoms with Crippen molar-refractivity contribution < 1.29 is 27.2 Å². The van der Waals surface area contributed by atoms with Gasteiger partial charge in [-0.05, 0) is 36.4 Å². The van der Waals surface area contributed by atoms with Gasteiger partial charge in [0.2, 0.25) is 11.8 Å². The fourth-order valence-corrected chi connectivity index (χ4v) is 3.69. The number of hydrogen-bond donors (Lipinski definition) is 2. The standard InChI is InChI=1S/C17H11ClF4N2O2S/c18-10-6-9(2-3-11(10)19)23-15(25)7-14-16(26)24-12-5-8(17(20,21)22)1-4-13(12)27-14/h1-6,14H,7H2,(H,23,25)(H,24,26)/t14-/m1/s1. The minimum Gasteiger partial charge on any atom is -0.326 e. The van der Waals surface area contributed by atoms with E-state index in [-0.39, 0.29) is 22.8 Å². The average Bonchev–Trinajstić information content (AvgIpc) is 2.57. The summed E-state index contributed by atoms with van der Waals surface area (Å²) in [4.78, 5) is 24.7. The van der Waals surface area contributed by atoms with Crippen LogP contribution in [0.3, 0.4) is 0 Å². The largest absolute Gasteiger partial charge is 0.416 e. The van der Waals surface area contributed by atoms with Crippen molar-refractivity contribution in [2.24, 2.45) is 0 Å². The van der Waals surface area contributed by atoms with Crippen molar-refractivity contribution in [2.45, 2.75) is 22.7 Å². The van der Waals surface area contributed by atoms with Gasteiger partial charge in [0.1, 0.15) is 5.82 Å². The molecule has 0 unspecified atom stereocenters. The van der Waals surface area contributed by atoms with Gasteiger partial charge in [0, 0.05) is 17.0 Å². The van der Waals surface area contributed by atoms with Crippen molar-refractivity contribution in [1.29, 1.82) is 0 Å². The van der Waals surface area contributed by atoms with E-state index in [1.807, 2.05) is 0 Å². The van der Waals surface area contributed by atoms with Crippen molar-refractivity contribution in [1.82, 2.24) is 0 Å². The molecule has 3 rings (SSSR count). The maximum Gasteiger partial charge on any atom is 0.416 e. The summed E-state index contributed by atoms with van der Waals surface area (Å²) in [6.45, 7) is 0. The Morgan fingerprint density at radius 1 is 1.22 bits per heavy atom. The number of rotatable bonds is 3. The maximum atomic E-state index is 13.1. The molecule has 0 saturated heterocycles. The third-order valence-corrected chi connectivity index (χ3v) is 5.27.